The molecule has 1 aliphatic heterocycles. The Bertz CT molecular complexity index is 405. The fourth-order valence-corrected chi connectivity index (χ4v) is 3.82. The second kappa shape index (κ2) is 7.44. The van der Waals surface area contributed by atoms with Crippen LogP contribution < -0.4 is 10.2 Å². The molecule has 0 radical (unpaired) electrons. The van der Waals surface area contributed by atoms with Crippen LogP contribution in [0.3, 0.4) is 0 Å². The van der Waals surface area contributed by atoms with E-state index in [4.69, 9.17) is 0 Å². The first kappa shape index (κ1) is 17.3. The quantitative estimate of drug-likeness (QED) is 0.775. The summed E-state index contributed by atoms with van der Waals surface area (Å²) in [6.45, 7) is 11.4. The van der Waals surface area contributed by atoms with Gasteiger partial charge in [-0.2, -0.15) is 0 Å². The number of quaternary nitrogens is 1. The molecule has 5 heteroatoms. The summed E-state index contributed by atoms with van der Waals surface area (Å²) in [5.74, 6) is 1.58. The number of rotatable bonds is 3. The molecular weight excluding hydrogens is 278 g/mol. The van der Waals surface area contributed by atoms with Crippen LogP contribution in [-0.2, 0) is 9.59 Å². The van der Waals surface area contributed by atoms with Gasteiger partial charge in [0.15, 0.2) is 6.04 Å². The number of piperazine rings is 1. The van der Waals surface area contributed by atoms with Gasteiger partial charge in [-0.05, 0) is 25.2 Å². The zero-order chi connectivity index (χ0) is 16.3. The van der Waals surface area contributed by atoms with Gasteiger partial charge in [0.25, 0.3) is 5.91 Å². The van der Waals surface area contributed by atoms with Crippen molar-refractivity contribution in [2.75, 3.05) is 26.2 Å². The molecule has 126 valence electrons. The third-order valence-electron chi connectivity index (χ3n) is 5.89. The van der Waals surface area contributed by atoms with E-state index >= 15 is 0 Å². The van der Waals surface area contributed by atoms with Crippen LogP contribution in [0.1, 0.15) is 47.0 Å². The molecule has 2 rings (SSSR count). The largest absolute Gasteiger partial charge is 0.348 e. The second-order valence-electron chi connectivity index (χ2n) is 7.27. The fourth-order valence-electron chi connectivity index (χ4n) is 3.82. The van der Waals surface area contributed by atoms with Crippen LogP contribution in [0, 0.1) is 11.8 Å². The molecule has 0 bridgehead atoms. The SMILES string of the molecule is CC(=O)N1CC[NH+]([C@H](C)C(=O)N[C@H]2CCC[C@H](C)[C@H]2C)CC1. The number of carbonyl (C=O) groups excluding carboxylic acids is 2. The topological polar surface area (TPSA) is 53.9 Å². The van der Waals surface area contributed by atoms with E-state index in [9.17, 15) is 9.59 Å². The van der Waals surface area contributed by atoms with Crippen LogP contribution in [0.2, 0.25) is 0 Å². The fraction of sp³-hybridized carbons (Fsp3) is 0.882. The molecule has 1 heterocycles. The van der Waals surface area contributed by atoms with E-state index in [1.165, 1.54) is 17.7 Å². The number of amides is 2. The van der Waals surface area contributed by atoms with Crippen LogP contribution in [0.5, 0.6) is 0 Å². The lowest BCUT2D eigenvalue weighted by Crippen LogP contribution is -3.19. The highest BCUT2D eigenvalue weighted by Gasteiger charge is 2.33. The van der Waals surface area contributed by atoms with Gasteiger partial charge in [-0.1, -0.05) is 26.7 Å². The number of nitrogens with one attached hydrogen (secondary N) is 2. The van der Waals surface area contributed by atoms with Crippen molar-refractivity contribution in [2.24, 2.45) is 11.8 Å². The van der Waals surface area contributed by atoms with Crippen molar-refractivity contribution < 1.29 is 14.5 Å². The Hall–Kier alpha value is -1.10. The van der Waals surface area contributed by atoms with Gasteiger partial charge in [0.2, 0.25) is 5.91 Å². The van der Waals surface area contributed by atoms with Crippen molar-refractivity contribution in [3.63, 3.8) is 0 Å². The number of carbonyl (C=O) groups is 2. The molecule has 4 atom stereocenters. The Balaban J connectivity index is 1.83. The monoisotopic (exact) mass is 310 g/mol. The van der Waals surface area contributed by atoms with Crippen LogP contribution in [0.4, 0.5) is 0 Å². The molecule has 22 heavy (non-hydrogen) atoms. The summed E-state index contributed by atoms with van der Waals surface area (Å²) in [7, 11) is 0. The molecule has 2 fully saturated rings. The van der Waals surface area contributed by atoms with E-state index in [2.05, 4.69) is 19.2 Å². The molecule has 1 saturated carbocycles. The summed E-state index contributed by atoms with van der Waals surface area (Å²) in [4.78, 5) is 27.1. The maximum Gasteiger partial charge on any atom is 0.278 e. The lowest BCUT2D eigenvalue weighted by molar-refractivity contribution is -0.918. The Morgan fingerprint density at radius 2 is 1.82 bits per heavy atom. The molecule has 2 aliphatic rings. The van der Waals surface area contributed by atoms with Gasteiger partial charge in [0, 0.05) is 13.0 Å². The molecule has 0 spiro atoms. The molecule has 1 aliphatic carbocycles. The van der Waals surface area contributed by atoms with Crippen molar-refractivity contribution in [1.29, 1.82) is 0 Å². The molecule has 0 unspecified atom stereocenters. The van der Waals surface area contributed by atoms with Crippen molar-refractivity contribution in [3.05, 3.63) is 0 Å². The highest BCUT2D eigenvalue weighted by atomic mass is 16.2. The van der Waals surface area contributed by atoms with Crippen LogP contribution >= 0.6 is 0 Å². The lowest BCUT2D eigenvalue weighted by Gasteiger charge is -2.37. The van der Waals surface area contributed by atoms with E-state index < -0.39 is 0 Å². The highest BCUT2D eigenvalue weighted by molar-refractivity contribution is 5.80. The second-order valence-corrected chi connectivity index (χ2v) is 7.27. The van der Waals surface area contributed by atoms with Crippen LogP contribution in [0.15, 0.2) is 0 Å². The molecule has 0 aromatic rings. The standard InChI is InChI=1S/C17H31N3O2/c1-12-6-5-7-16(13(12)2)18-17(22)14(3)19-8-10-20(11-9-19)15(4)21/h12-14,16H,5-11H2,1-4H3,(H,18,22)/p+1/t12-,13+,14+,16-/m0/s1. The summed E-state index contributed by atoms with van der Waals surface area (Å²) in [5, 5.41) is 3.29. The Morgan fingerprint density at radius 1 is 1.18 bits per heavy atom. The summed E-state index contributed by atoms with van der Waals surface area (Å²) >= 11 is 0. The summed E-state index contributed by atoms with van der Waals surface area (Å²) < 4.78 is 0. The molecular formula is C17H32N3O2+. The maximum absolute atomic E-state index is 12.6. The Morgan fingerprint density at radius 3 is 2.41 bits per heavy atom. The minimum Gasteiger partial charge on any atom is -0.348 e. The molecule has 0 aromatic carbocycles. The van der Waals surface area contributed by atoms with Crippen LogP contribution in [-0.4, -0.2) is 55.0 Å². The first-order chi connectivity index (χ1) is 10.4. The van der Waals surface area contributed by atoms with Crippen molar-refractivity contribution in [1.82, 2.24) is 10.2 Å². The van der Waals surface area contributed by atoms with Crippen LogP contribution in [0.25, 0.3) is 0 Å². The van der Waals surface area contributed by atoms with Gasteiger partial charge in [0.1, 0.15) is 0 Å². The van der Waals surface area contributed by atoms with Gasteiger partial charge < -0.3 is 15.1 Å². The summed E-state index contributed by atoms with van der Waals surface area (Å²) in [5.41, 5.74) is 0. The van der Waals surface area contributed by atoms with E-state index in [1.807, 2.05) is 11.8 Å². The number of hydrogen-bond acceptors (Lipinski definition) is 2. The Kier molecular flexibility index (Phi) is 5.84. The molecule has 5 nitrogen and oxygen atoms in total. The van der Waals surface area contributed by atoms with Gasteiger partial charge in [0.05, 0.1) is 26.2 Å². The van der Waals surface area contributed by atoms with E-state index in [0.717, 1.165) is 32.6 Å². The predicted molar refractivity (Wildman–Crippen MR) is 86.5 cm³/mol. The van der Waals surface area contributed by atoms with Gasteiger partial charge in [-0.25, -0.2) is 0 Å². The summed E-state index contributed by atoms with van der Waals surface area (Å²) in [6.07, 6.45) is 3.60. The average molecular weight is 310 g/mol. The number of nitrogens with zero attached hydrogens (tertiary/aromatic N) is 1. The number of hydrogen-bond donors (Lipinski definition) is 2. The van der Waals surface area contributed by atoms with Crippen molar-refractivity contribution in [2.45, 2.75) is 59.0 Å². The minimum absolute atomic E-state index is 0.0291. The zero-order valence-electron chi connectivity index (χ0n) is 14.5. The van der Waals surface area contributed by atoms with Gasteiger partial charge in [-0.3, -0.25) is 9.59 Å². The van der Waals surface area contributed by atoms with Gasteiger partial charge >= 0.3 is 0 Å². The summed E-state index contributed by atoms with van der Waals surface area (Å²) in [6, 6.07) is 0.301. The zero-order valence-corrected chi connectivity index (χ0v) is 14.5. The van der Waals surface area contributed by atoms with E-state index in [-0.39, 0.29) is 17.9 Å². The molecule has 2 amide bonds. The first-order valence-corrected chi connectivity index (χ1v) is 8.80. The van der Waals surface area contributed by atoms with Gasteiger partial charge in [-0.15, -0.1) is 0 Å². The Labute approximate surface area is 134 Å². The highest BCUT2D eigenvalue weighted by Crippen LogP contribution is 2.29. The molecule has 1 saturated heterocycles. The van der Waals surface area contributed by atoms with Crippen molar-refractivity contribution >= 4 is 11.8 Å². The predicted octanol–water partition coefficient (Wildman–Crippen LogP) is 0.0628. The van der Waals surface area contributed by atoms with Crippen molar-refractivity contribution in [3.8, 4) is 0 Å². The average Bonchev–Trinajstić information content (AvgIpc) is 2.51. The lowest BCUT2D eigenvalue weighted by atomic mass is 9.78. The first-order valence-electron chi connectivity index (χ1n) is 8.80. The third kappa shape index (κ3) is 4.00. The maximum atomic E-state index is 12.6. The normalized spacial score (nSPS) is 31.6. The minimum atomic E-state index is -0.0291. The third-order valence-corrected chi connectivity index (χ3v) is 5.89. The molecule has 0 aromatic heterocycles. The van der Waals surface area contributed by atoms with E-state index in [1.54, 1.807) is 6.92 Å². The molecule has 2 N–H and O–H groups in total. The van der Waals surface area contributed by atoms with E-state index in [0.29, 0.717) is 17.9 Å². The smallest absolute Gasteiger partial charge is 0.278 e.